The number of nitrogens with one attached hydrogen (secondary N) is 1. The van der Waals surface area contributed by atoms with Crippen molar-refractivity contribution in [3.8, 4) is 10.6 Å². The molecule has 14 heteroatoms. The quantitative estimate of drug-likeness (QED) is 0.240. The molecule has 3 heterocycles. The summed E-state index contributed by atoms with van der Waals surface area (Å²) in [4.78, 5) is 24.1. The zero-order valence-electron chi connectivity index (χ0n) is 21.4. The van der Waals surface area contributed by atoms with Gasteiger partial charge in [-0.15, -0.1) is 11.3 Å². The second kappa shape index (κ2) is 10.5. The van der Waals surface area contributed by atoms with Gasteiger partial charge >= 0.3 is 11.5 Å². The summed E-state index contributed by atoms with van der Waals surface area (Å²) < 4.78 is 62.6. The predicted octanol–water partition coefficient (Wildman–Crippen LogP) is 5.61. The number of rotatable bonds is 6. The smallest absolute Gasteiger partial charge is 0.478 e. The number of halogens is 3. The number of fused-ring (bicyclic) bond motifs is 1. The van der Waals surface area contributed by atoms with E-state index in [2.05, 4.69) is 20.3 Å². The number of thiazole rings is 1. The van der Waals surface area contributed by atoms with Crippen LogP contribution >= 0.6 is 11.3 Å². The number of benzene rings is 1. The monoisotopic (exact) mass is 604 g/mol. The van der Waals surface area contributed by atoms with E-state index in [1.165, 1.54) is 17.4 Å². The fourth-order valence-corrected chi connectivity index (χ4v) is 6.53. The fraction of sp³-hybridized carbons (Fsp3) is 0.259. The molecule has 41 heavy (non-hydrogen) atoms. The lowest BCUT2D eigenvalue weighted by atomic mass is 9.87. The van der Waals surface area contributed by atoms with E-state index in [1.54, 1.807) is 37.4 Å². The molecular formula is C27H23F3N4O5S2. The first-order valence-electron chi connectivity index (χ1n) is 12.4. The summed E-state index contributed by atoms with van der Waals surface area (Å²) in [6, 6.07) is 9.63. The Morgan fingerprint density at radius 1 is 1.07 bits per heavy atom. The number of carboxylic acids is 1. The molecule has 0 fully saturated rings. The first-order valence-corrected chi connectivity index (χ1v) is 14.7. The molecule has 1 unspecified atom stereocenters. The van der Waals surface area contributed by atoms with E-state index in [4.69, 9.17) is 0 Å². The molecule has 3 N–H and O–H groups in total. The molecule has 0 saturated carbocycles. The number of alkyl halides is 3. The lowest BCUT2D eigenvalue weighted by molar-refractivity contribution is -0.0436. The van der Waals surface area contributed by atoms with Gasteiger partial charge in [-0.05, 0) is 85.7 Å². The number of hydrogen-bond donors (Lipinski definition) is 3. The molecule has 4 aromatic rings. The molecule has 214 valence electrons. The van der Waals surface area contributed by atoms with Crippen LogP contribution in [-0.2, 0) is 21.9 Å². The van der Waals surface area contributed by atoms with Crippen molar-refractivity contribution in [2.45, 2.75) is 48.6 Å². The van der Waals surface area contributed by atoms with Crippen LogP contribution in [0.3, 0.4) is 0 Å². The van der Waals surface area contributed by atoms with Crippen molar-refractivity contribution in [2.75, 3.05) is 5.32 Å². The van der Waals surface area contributed by atoms with Crippen LogP contribution in [0.25, 0.3) is 10.6 Å². The lowest BCUT2D eigenvalue weighted by Crippen LogP contribution is -2.27. The zero-order valence-corrected chi connectivity index (χ0v) is 23.1. The van der Waals surface area contributed by atoms with Crippen LogP contribution in [0.1, 0.15) is 51.3 Å². The summed E-state index contributed by atoms with van der Waals surface area (Å²) in [6.07, 6.45) is 5.04. The molecule has 1 atom stereocenters. The van der Waals surface area contributed by atoms with Crippen LogP contribution in [0.15, 0.2) is 59.8 Å². The van der Waals surface area contributed by atoms with Gasteiger partial charge in [0.05, 0.1) is 21.0 Å². The van der Waals surface area contributed by atoms with Crippen LogP contribution < -0.4 is 5.32 Å². The van der Waals surface area contributed by atoms with Gasteiger partial charge in [-0.1, -0.05) is 6.07 Å². The van der Waals surface area contributed by atoms with Crippen molar-refractivity contribution < 1.29 is 36.6 Å². The van der Waals surface area contributed by atoms with E-state index in [1.807, 2.05) is 0 Å². The molecule has 1 aliphatic carbocycles. The minimum atomic E-state index is -5.55. The third-order valence-corrected chi connectivity index (χ3v) is 9.37. The van der Waals surface area contributed by atoms with Crippen LogP contribution in [0.4, 0.5) is 24.8 Å². The Bertz CT molecular complexity index is 1760. The van der Waals surface area contributed by atoms with Gasteiger partial charge < -0.3 is 15.5 Å². The maximum Gasteiger partial charge on any atom is 0.501 e. The van der Waals surface area contributed by atoms with Crippen molar-refractivity contribution in [3.63, 3.8) is 0 Å². The molecule has 0 spiro atoms. The third-order valence-electron chi connectivity index (χ3n) is 6.72. The molecule has 0 saturated heterocycles. The van der Waals surface area contributed by atoms with E-state index >= 15 is 0 Å². The van der Waals surface area contributed by atoms with Crippen molar-refractivity contribution in [1.82, 2.24) is 15.0 Å². The number of aromatic carboxylic acids is 1. The molecule has 1 aromatic carbocycles. The van der Waals surface area contributed by atoms with Gasteiger partial charge in [0.15, 0.2) is 0 Å². The van der Waals surface area contributed by atoms with Crippen LogP contribution in [-0.4, -0.2) is 45.1 Å². The van der Waals surface area contributed by atoms with Crippen LogP contribution in [0.5, 0.6) is 0 Å². The van der Waals surface area contributed by atoms with Crippen LogP contribution in [0, 0.1) is 6.92 Å². The largest absolute Gasteiger partial charge is 0.501 e. The Balaban J connectivity index is 1.47. The van der Waals surface area contributed by atoms with Crippen molar-refractivity contribution in [1.29, 1.82) is 0 Å². The lowest BCUT2D eigenvalue weighted by Gasteiger charge is -2.27. The van der Waals surface area contributed by atoms with Gasteiger partial charge in [-0.3, -0.25) is 0 Å². The minimum absolute atomic E-state index is 0.144. The maximum absolute atomic E-state index is 13.0. The summed E-state index contributed by atoms with van der Waals surface area (Å²) >= 11 is 1.22. The van der Waals surface area contributed by atoms with Gasteiger partial charge in [-0.2, -0.15) is 13.2 Å². The molecule has 0 bridgehead atoms. The summed E-state index contributed by atoms with van der Waals surface area (Å²) in [5, 5.41) is 24.4. The predicted molar refractivity (Wildman–Crippen MR) is 145 cm³/mol. The second-order valence-corrected chi connectivity index (χ2v) is 12.6. The van der Waals surface area contributed by atoms with Gasteiger partial charge in [0.25, 0.3) is 9.84 Å². The van der Waals surface area contributed by atoms with Gasteiger partial charge in [-0.25, -0.2) is 28.2 Å². The van der Waals surface area contributed by atoms with E-state index in [0.717, 1.165) is 35.9 Å². The SMILES string of the molecule is Cc1cc(Nc2cc(S(=O)(=O)C(F)(F)F)ccn2)nc(-c2cnc(C3(O)CCCCc4cc(C(=O)O)ccc43)s2)c1. The summed E-state index contributed by atoms with van der Waals surface area (Å²) in [5.74, 6) is -0.978. The molecule has 0 aliphatic heterocycles. The highest BCUT2D eigenvalue weighted by atomic mass is 32.2. The van der Waals surface area contributed by atoms with Crippen molar-refractivity contribution >= 4 is 38.8 Å². The summed E-state index contributed by atoms with van der Waals surface area (Å²) in [7, 11) is -5.55. The third kappa shape index (κ3) is 5.54. The van der Waals surface area contributed by atoms with Crippen molar-refractivity contribution in [3.05, 3.63) is 82.1 Å². The van der Waals surface area contributed by atoms with Gasteiger partial charge in [0, 0.05) is 12.4 Å². The Labute approximate surface area is 236 Å². The fourth-order valence-electron chi connectivity index (χ4n) is 4.74. The Hall–Kier alpha value is -3.88. The molecule has 0 radical (unpaired) electrons. The number of hydrogen-bond acceptors (Lipinski definition) is 9. The minimum Gasteiger partial charge on any atom is -0.478 e. The number of carbonyl (C=O) groups is 1. The highest BCUT2D eigenvalue weighted by Gasteiger charge is 2.47. The number of anilines is 2. The first kappa shape index (κ1) is 28.6. The average molecular weight is 605 g/mol. The van der Waals surface area contributed by atoms with Crippen molar-refractivity contribution in [2.24, 2.45) is 0 Å². The number of aryl methyl sites for hydroxylation is 2. The van der Waals surface area contributed by atoms with E-state index in [0.29, 0.717) is 40.4 Å². The van der Waals surface area contributed by atoms with Gasteiger partial charge in [0.2, 0.25) is 0 Å². The second-order valence-electron chi connectivity index (χ2n) is 9.64. The standard InChI is InChI=1S/C27H23F3N4O5S2/c1-15-10-20(33-23(11-15)34-22-13-18(7-9-31-22)41(38,39)27(28,29)30)21-14-32-25(40-21)26(37)8-3-2-4-16-12-17(24(35)36)5-6-19(16)26/h5-7,9-14,37H,2-4,8H2,1H3,(H,35,36)(H,31,33,34). The first-order chi connectivity index (χ1) is 19.3. The van der Waals surface area contributed by atoms with Crippen LogP contribution in [0.2, 0.25) is 0 Å². The topological polar surface area (TPSA) is 142 Å². The molecule has 0 amide bonds. The highest BCUT2D eigenvalue weighted by Crippen LogP contribution is 2.43. The van der Waals surface area contributed by atoms with Gasteiger partial charge in [0.1, 0.15) is 22.2 Å². The zero-order chi connectivity index (χ0) is 29.6. The number of aliphatic hydroxyl groups is 1. The Kier molecular flexibility index (Phi) is 7.34. The number of aromatic nitrogens is 3. The number of carboxylic acid groups (broad SMARTS) is 1. The molecule has 5 rings (SSSR count). The number of pyridine rings is 2. The summed E-state index contributed by atoms with van der Waals surface area (Å²) in [5.41, 5.74) is -4.16. The number of nitrogens with zero attached hydrogens (tertiary/aromatic N) is 3. The normalized spacial score (nSPS) is 17.5. The van der Waals surface area contributed by atoms with E-state index in [9.17, 15) is 36.6 Å². The molecule has 1 aliphatic rings. The highest BCUT2D eigenvalue weighted by molar-refractivity contribution is 7.92. The van der Waals surface area contributed by atoms with E-state index in [-0.39, 0.29) is 17.2 Å². The Morgan fingerprint density at radius 2 is 1.85 bits per heavy atom. The van der Waals surface area contributed by atoms with E-state index < -0.39 is 31.8 Å². The molecule has 9 nitrogen and oxygen atoms in total. The maximum atomic E-state index is 13.0. The molecular weight excluding hydrogens is 581 g/mol. The number of sulfone groups is 1. The average Bonchev–Trinajstić information content (AvgIpc) is 3.35. The summed E-state index contributed by atoms with van der Waals surface area (Å²) in [6.45, 7) is 1.78. The molecule has 3 aromatic heterocycles. The Morgan fingerprint density at radius 3 is 2.59 bits per heavy atom.